The molecule has 0 unspecified atom stereocenters. The van der Waals surface area contributed by atoms with Gasteiger partial charge in [0.15, 0.2) is 0 Å². The minimum atomic E-state index is -0.276. The van der Waals surface area contributed by atoms with E-state index in [0.29, 0.717) is 25.3 Å². The van der Waals surface area contributed by atoms with Crippen LogP contribution >= 0.6 is 0 Å². The number of aromatic nitrogens is 3. The smallest absolute Gasteiger partial charge is 0.291 e. The highest BCUT2D eigenvalue weighted by Gasteiger charge is 2.07. The molecule has 7 nitrogen and oxygen atoms in total. The van der Waals surface area contributed by atoms with Crippen molar-refractivity contribution in [2.75, 3.05) is 19.8 Å². The molecule has 7 heteroatoms. The molecule has 2 aromatic heterocycles. The third-order valence-corrected chi connectivity index (χ3v) is 2.83. The molecular formula is C13H18N4O3. The minimum Gasteiger partial charge on any atom is -0.382 e. The molecule has 0 aromatic carbocycles. The monoisotopic (exact) mass is 278 g/mol. The standard InChI is InChI=1S/C13H18N4O3/c1-2-20-8-4-6-14-12(18)9-17-13(19)11-5-3-7-16(11)10-15-17/h3,5,7,10H,2,4,6,8-9H2,1H3,(H,14,18). The fourth-order valence-electron chi connectivity index (χ4n) is 1.83. The van der Waals surface area contributed by atoms with Crippen LogP contribution in [0.25, 0.3) is 5.52 Å². The molecule has 0 saturated heterocycles. The van der Waals surface area contributed by atoms with Gasteiger partial charge in [0.25, 0.3) is 5.56 Å². The van der Waals surface area contributed by atoms with Crippen molar-refractivity contribution in [3.63, 3.8) is 0 Å². The van der Waals surface area contributed by atoms with Gasteiger partial charge in [-0.1, -0.05) is 0 Å². The van der Waals surface area contributed by atoms with Crippen molar-refractivity contribution in [1.29, 1.82) is 0 Å². The maximum Gasteiger partial charge on any atom is 0.291 e. The zero-order valence-electron chi connectivity index (χ0n) is 11.4. The van der Waals surface area contributed by atoms with Gasteiger partial charge in [-0.2, -0.15) is 5.10 Å². The molecule has 1 N–H and O–H groups in total. The SMILES string of the molecule is CCOCCCNC(=O)Cn1ncn2cccc2c1=O. The predicted octanol–water partition coefficient (Wildman–Crippen LogP) is 0.0388. The van der Waals surface area contributed by atoms with Crippen LogP contribution in [0, 0.1) is 0 Å². The lowest BCUT2D eigenvalue weighted by atomic mass is 10.4. The number of amides is 1. The van der Waals surface area contributed by atoms with Crippen LogP contribution in [0.3, 0.4) is 0 Å². The van der Waals surface area contributed by atoms with Crippen LogP contribution in [0.4, 0.5) is 0 Å². The van der Waals surface area contributed by atoms with Gasteiger partial charge in [-0.3, -0.25) is 9.59 Å². The largest absolute Gasteiger partial charge is 0.382 e. The Bertz CT molecular complexity index is 632. The van der Waals surface area contributed by atoms with E-state index < -0.39 is 0 Å². The lowest BCUT2D eigenvalue weighted by Crippen LogP contribution is -2.34. The van der Waals surface area contributed by atoms with Gasteiger partial charge in [0, 0.05) is 26.0 Å². The Morgan fingerprint density at radius 1 is 1.50 bits per heavy atom. The summed E-state index contributed by atoms with van der Waals surface area (Å²) in [5, 5.41) is 6.69. The minimum absolute atomic E-state index is 0.0743. The number of nitrogens with zero attached hydrogens (tertiary/aromatic N) is 3. The molecule has 0 radical (unpaired) electrons. The summed E-state index contributed by atoms with van der Waals surface area (Å²) >= 11 is 0. The van der Waals surface area contributed by atoms with Gasteiger partial charge in [0.2, 0.25) is 5.91 Å². The average molecular weight is 278 g/mol. The zero-order chi connectivity index (χ0) is 14.4. The summed E-state index contributed by atoms with van der Waals surface area (Å²) in [5.41, 5.74) is 0.228. The van der Waals surface area contributed by atoms with Crippen molar-refractivity contribution in [3.8, 4) is 0 Å². The van der Waals surface area contributed by atoms with Gasteiger partial charge in [-0.05, 0) is 25.5 Å². The van der Waals surface area contributed by atoms with Gasteiger partial charge < -0.3 is 14.5 Å². The molecule has 20 heavy (non-hydrogen) atoms. The van der Waals surface area contributed by atoms with Crippen LogP contribution in [-0.4, -0.2) is 39.8 Å². The molecule has 0 saturated carbocycles. The van der Waals surface area contributed by atoms with Crippen molar-refractivity contribution in [2.45, 2.75) is 19.9 Å². The van der Waals surface area contributed by atoms with E-state index in [4.69, 9.17) is 4.74 Å². The fraction of sp³-hybridized carbons (Fsp3) is 0.462. The van der Waals surface area contributed by atoms with Gasteiger partial charge in [-0.25, -0.2) is 4.68 Å². The second-order valence-corrected chi connectivity index (χ2v) is 4.29. The molecule has 0 spiro atoms. The number of carbonyl (C=O) groups excluding carboxylic acids is 1. The maximum atomic E-state index is 12.0. The van der Waals surface area contributed by atoms with E-state index in [1.165, 1.54) is 6.33 Å². The van der Waals surface area contributed by atoms with Crippen molar-refractivity contribution in [2.24, 2.45) is 0 Å². The van der Waals surface area contributed by atoms with E-state index in [1.54, 1.807) is 22.7 Å². The molecule has 108 valence electrons. The van der Waals surface area contributed by atoms with E-state index in [1.807, 2.05) is 6.92 Å². The Morgan fingerprint density at radius 2 is 2.35 bits per heavy atom. The highest BCUT2D eigenvalue weighted by Crippen LogP contribution is 1.95. The summed E-state index contributed by atoms with van der Waals surface area (Å²) in [6.07, 6.45) is 4.00. The van der Waals surface area contributed by atoms with E-state index in [-0.39, 0.29) is 18.0 Å². The van der Waals surface area contributed by atoms with Crippen LogP contribution in [0.2, 0.25) is 0 Å². The summed E-state index contributed by atoms with van der Waals surface area (Å²) in [4.78, 5) is 23.7. The number of nitrogens with one attached hydrogen (secondary N) is 1. The van der Waals surface area contributed by atoms with E-state index in [0.717, 1.165) is 11.1 Å². The van der Waals surface area contributed by atoms with Crippen LogP contribution in [-0.2, 0) is 16.1 Å². The number of ether oxygens (including phenoxy) is 1. The molecule has 2 rings (SSSR count). The summed E-state index contributed by atoms with van der Waals surface area (Å²) < 4.78 is 7.95. The Morgan fingerprint density at radius 3 is 3.15 bits per heavy atom. The highest BCUT2D eigenvalue weighted by atomic mass is 16.5. The van der Waals surface area contributed by atoms with E-state index >= 15 is 0 Å². The second-order valence-electron chi connectivity index (χ2n) is 4.29. The molecule has 2 heterocycles. The first kappa shape index (κ1) is 14.3. The zero-order valence-corrected chi connectivity index (χ0v) is 11.4. The van der Waals surface area contributed by atoms with Crippen LogP contribution in [0.15, 0.2) is 29.5 Å². The van der Waals surface area contributed by atoms with Gasteiger partial charge >= 0.3 is 0 Å². The Labute approximate surface area is 116 Å². The predicted molar refractivity (Wildman–Crippen MR) is 73.6 cm³/mol. The third-order valence-electron chi connectivity index (χ3n) is 2.83. The van der Waals surface area contributed by atoms with Crippen molar-refractivity contribution >= 4 is 11.4 Å². The summed E-state index contributed by atoms with van der Waals surface area (Å²) in [6, 6.07) is 3.46. The van der Waals surface area contributed by atoms with E-state index in [9.17, 15) is 9.59 Å². The fourth-order valence-corrected chi connectivity index (χ4v) is 1.83. The summed E-state index contributed by atoms with van der Waals surface area (Å²) in [5.74, 6) is -0.230. The molecule has 2 aromatic rings. The number of rotatable bonds is 7. The molecule has 0 aliphatic rings. The Balaban J connectivity index is 1.89. The quantitative estimate of drug-likeness (QED) is 0.725. The van der Waals surface area contributed by atoms with Crippen molar-refractivity contribution < 1.29 is 9.53 Å². The molecule has 0 aliphatic heterocycles. The first-order valence-corrected chi connectivity index (χ1v) is 6.59. The topological polar surface area (TPSA) is 77.6 Å². The average Bonchev–Trinajstić information content (AvgIpc) is 2.91. The van der Waals surface area contributed by atoms with Gasteiger partial charge in [-0.15, -0.1) is 0 Å². The molecule has 0 fully saturated rings. The number of hydrogen-bond acceptors (Lipinski definition) is 4. The van der Waals surface area contributed by atoms with E-state index in [2.05, 4.69) is 10.4 Å². The van der Waals surface area contributed by atoms with Crippen molar-refractivity contribution in [1.82, 2.24) is 19.5 Å². The maximum absolute atomic E-state index is 12.0. The number of fused-ring (bicyclic) bond motifs is 1. The summed E-state index contributed by atoms with van der Waals surface area (Å²) in [6.45, 7) is 3.67. The van der Waals surface area contributed by atoms with Crippen LogP contribution in [0.1, 0.15) is 13.3 Å². The first-order chi connectivity index (χ1) is 9.72. The van der Waals surface area contributed by atoms with Gasteiger partial charge in [0.05, 0.1) is 0 Å². The second kappa shape index (κ2) is 6.85. The third kappa shape index (κ3) is 3.45. The molecule has 0 atom stereocenters. The lowest BCUT2D eigenvalue weighted by Gasteiger charge is -2.07. The van der Waals surface area contributed by atoms with Crippen LogP contribution in [0.5, 0.6) is 0 Å². The lowest BCUT2D eigenvalue weighted by molar-refractivity contribution is -0.121. The van der Waals surface area contributed by atoms with Crippen LogP contribution < -0.4 is 10.9 Å². The van der Waals surface area contributed by atoms with Gasteiger partial charge in [0.1, 0.15) is 18.4 Å². The molecule has 1 amide bonds. The first-order valence-electron chi connectivity index (χ1n) is 6.59. The molecule has 0 aliphatic carbocycles. The summed E-state index contributed by atoms with van der Waals surface area (Å²) in [7, 11) is 0. The highest BCUT2D eigenvalue weighted by molar-refractivity contribution is 5.75. The number of carbonyl (C=O) groups is 1. The number of hydrogen-bond donors (Lipinski definition) is 1. The van der Waals surface area contributed by atoms with Crippen molar-refractivity contribution in [3.05, 3.63) is 35.0 Å². The normalized spacial score (nSPS) is 10.8. The Kier molecular flexibility index (Phi) is 4.89. The molecule has 0 bridgehead atoms. The molecular weight excluding hydrogens is 260 g/mol. The Hall–Kier alpha value is -2.15.